The van der Waals surface area contributed by atoms with Gasteiger partial charge in [-0.15, -0.1) is 0 Å². The molecule has 1 saturated heterocycles. The lowest BCUT2D eigenvalue weighted by Crippen LogP contribution is -2.41. The number of esters is 1. The van der Waals surface area contributed by atoms with Gasteiger partial charge in [0.05, 0.1) is 10.8 Å². The Bertz CT molecular complexity index is 934. The Balaban J connectivity index is 1.57. The van der Waals surface area contributed by atoms with Crippen molar-refractivity contribution in [2.24, 2.45) is 5.92 Å². The van der Waals surface area contributed by atoms with Crippen LogP contribution < -0.4 is 4.74 Å². The second-order valence-electron chi connectivity index (χ2n) is 7.43. The van der Waals surface area contributed by atoms with Crippen molar-refractivity contribution in [3.05, 3.63) is 59.9 Å². The number of rotatable bonds is 6. The summed E-state index contributed by atoms with van der Waals surface area (Å²) in [6, 6.07) is 12.3. The zero-order chi connectivity index (χ0) is 21.0. The zero-order valence-electron chi connectivity index (χ0n) is 16.7. The molecular weight excluding hydrogens is 393 g/mol. The SMILES string of the molecule is CC[C@@H](C)c1ccc(OC(=O)C2CCN(S(=O)(=O)c3ccc(F)cc3)CC2)cc1. The largest absolute Gasteiger partial charge is 0.426 e. The van der Waals surface area contributed by atoms with Gasteiger partial charge in [-0.3, -0.25) is 4.79 Å². The highest BCUT2D eigenvalue weighted by atomic mass is 32.2. The number of halogens is 1. The fraction of sp³-hybridized carbons (Fsp3) is 0.409. The normalized spacial score (nSPS) is 17.1. The molecule has 0 spiro atoms. The second kappa shape index (κ2) is 9.05. The first kappa shape index (κ1) is 21.5. The molecule has 1 atom stereocenters. The molecule has 0 radical (unpaired) electrons. The molecule has 5 nitrogen and oxygen atoms in total. The summed E-state index contributed by atoms with van der Waals surface area (Å²) in [6.45, 7) is 4.73. The van der Waals surface area contributed by atoms with Crippen LogP contribution in [0.4, 0.5) is 4.39 Å². The van der Waals surface area contributed by atoms with E-state index >= 15 is 0 Å². The maximum atomic E-state index is 13.1. The van der Waals surface area contributed by atoms with Crippen LogP contribution in [0.15, 0.2) is 53.4 Å². The maximum absolute atomic E-state index is 13.1. The van der Waals surface area contributed by atoms with Crippen molar-refractivity contribution in [3.63, 3.8) is 0 Å². The highest BCUT2D eigenvalue weighted by Gasteiger charge is 2.33. The molecule has 156 valence electrons. The molecule has 1 aliphatic heterocycles. The summed E-state index contributed by atoms with van der Waals surface area (Å²) in [4.78, 5) is 12.5. The Morgan fingerprint density at radius 1 is 1.10 bits per heavy atom. The molecule has 0 unspecified atom stereocenters. The minimum Gasteiger partial charge on any atom is -0.426 e. The summed E-state index contributed by atoms with van der Waals surface area (Å²) < 4.78 is 45.2. The van der Waals surface area contributed by atoms with E-state index in [1.165, 1.54) is 22.0 Å². The van der Waals surface area contributed by atoms with Gasteiger partial charge in [-0.2, -0.15) is 4.31 Å². The average molecular weight is 420 g/mol. The number of sulfonamides is 1. The fourth-order valence-corrected chi connectivity index (χ4v) is 4.86. The molecule has 0 N–H and O–H groups in total. The molecular formula is C22H26FNO4S. The lowest BCUT2D eigenvalue weighted by atomic mass is 9.98. The van der Waals surface area contributed by atoms with Gasteiger partial charge in [-0.05, 0) is 67.1 Å². The quantitative estimate of drug-likeness (QED) is 0.516. The van der Waals surface area contributed by atoms with Crippen molar-refractivity contribution in [1.29, 1.82) is 0 Å². The van der Waals surface area contributed by atoms with Gasteiger partial charge in [-0.1, -0.05) is 26.0 Å². The molecule has 7 heteroatoms. The van der Waals surface area contributed by atoms with Gasteiger partial charge in [-0.25, -0.2) is 12.8 Å². The van der Waals surface area contributed by atoms with Crippen molar-refractivity contribution >= 4 is 16.0 Å². The molecule has 0 aliphatic carbocycles. The van der Waals surface area contributed by atoms with Crippen molar-refractivity contribution in [1.82, 2.24) is 4.31 Å². The van der Waals surface area contributed by atoms with Crippen LogP contribution in [0.25, 0.3) is 0 Å². The molecule has 0 aromatic heterocycles. The number of piperidine rings is 1. The summed E-state index contributed by atoms with van der Waals surface area (Å²) in [7, 11) is -3.69. The predicted octanol–water partition coefficient (Wildman–Crippen LogP) is 4.35. The van der Waals surface area contributed by atoms with Crippen molar-refractivity contribution in [2.45, 2.75) is 43.9 Å². The first-order chi connectivity index (χ1) is 13.8. The van der Waals surface area contributed by atoms with Crippen LogP contribution in [-0.4, -0.2) is 31.8 Å². The summed E-state index contributed by atoms with van der Waals surface area (Å²) in [5, 5.41) is 0. The minimum absolute atomic E-state index is 0.0568. The first-order valence-electron chi connectivity index (χ1n) is 9.88. The third kappa shape index (κ3) is 5.03. The summed E-state index contributed by atoms with van der Waals surface area (Å²) in [5.41, 5.74) is 1.20. The number of ether oxygens (including phenoxy) is 1. The van der Waals surface area contributed by atoms with Crippen LogP contribution in [-0.2, 0) is 14.8 Å². The Kier molecular flexibility index (Phi) is 6.70. The Morgan fingerprint density at radius 3 is 2.24 bits per heavy atom. The molecule has 0 saturated carbocycles. The summed E-state index contributed by atoms with van der Waals surface area (Å²) in [5.74, 6) is -0.206. The Labute approximate surface area is 171 Å². The van der Waals surface area contributed by atoms with Gasteiger partial charge >= 0.3 is 5.97 Å². The minimum atomic E-state index is -3.69. The van der Waals surface area contributed by atoms with Gasteiger partial charge in [0.15, 0.2) is 0 Å². The Morgan fingerprint density at radius 2 is 1.69 bits per heavy atom. The molecule has 1 aliphatic rings. The third-order valence-electron chi connectivity index (χ3n) is 5.52. The second-order valence-corrected chi connectivity index (χ2v) is 9.37. The first-order valence-corrected chi connectivity index (χ1v) is 11.3. The predicted molar refractivity (Wildman–Crippen MR) is 109 cm³/mol. The van der Waals surface area contributed by atoms with Crippen LogP contribution >= 0.6 is 0 Å². The monoisotopic (exact) mass is 419 g/mol. The van der Waals surface area contributed by atoms with E-state index in [1.54, 1.807) is 12.1 Å². The van der Waals surface area contributed by atoms with E-state index in [0.29, 0.717) is 24.5 Å². The van der Waals surface area contributed by atoms with Gasteiger partial charge in [0.25, 0.3) is 0 Å². The topological polar surface area (TPSA) is 63.7 Å². The molecule has 1 fully saturated rings. The maximum Gasteiger partial charge on any atom is 0.314 e. The third-order valence-corrected chi connectivity index (χ3v) is 7.43. The van der Waals surface area contributed by atoms with Gasteiger partial charge in [0, 0.05) is 13.1 Å². The van der Waals surface area contributed by atoms with E-state index in [9.17, 15) is 17.6 Å². The number of benzene rings is 2. The summed E-state index contributed by atoms with van der Waals surface area (Å²) in [6.07, 6.45) is 1.83. The molecule has 2 aromatic rings. The molecule has 3 rings (SSSR count). The fourth-order valence-electron chi connectivity index (χ4n) is 3.39. The molecule has 0 amide bonds. The van der Waals surface area contributed by atoms with Crippen molar-refractivity contribution < 1.29 is 22.3 Å². The van der Waals surface area contributed by atoms with Crippen LogP contribution in [0.2, 0.25) is 0 Å². The van der Waals surface area contributed by atoms with E-state index in [0.717, 1.165) is 18.6 Å². The number of hydrogen-bond acceptors (Lipinski definition) is 4. The molecule has 29 heavy (non-hydrogen) atoms. The van der Waals surface area contributed by atoms with Crippen LogP contribution in [0.1, 0.15) is 44.6 Å². The highest BCUT2D eigenvalue weighted by Crippen LogP contribution is 2.26. The number of carbonyl (C=O) groups is 1. The number of carbonyl (C=O) groups excluding carboxylic acids is 1. The van der Waals surface area contributed by atoms with Crippen molar-refractivity contribution in [3.8, 4) is 5.75 Å². The van der Waals surface area contributed by atoms with E-state index in [2.05, 4.69) is 13.8 Å². The van der Waals surface area contributed by atoms with Crippen molar-refractivity contribution in [2.75, 3.05) is 13.1 Å². The smallest absolute Gasteiger partial charge is 0.314 e. The Hall–Kier alpha value is -2.25. The van der Waals surface area contributed by atoms with E-state index in [1.807, 2.05) is 12.1 Å². The van der Waals surface area contributed by atoms with Gasteiger partial charge in [0.1, 0.15) is 11.6 Å². The van der Waals surface area contributed by atoms with Gasteiger partial charge in [0.2, 0.25) is 10.0 Å². The molecule has 1 heterocycles. The van der Waals surface area contributed by atoms with Crippen LogP contribution in [0.3, 0.4) is 0 Å². The van der Waals surface area contributed by atoms with E-state index < -0.39 is 15.8 Å². The van der Waals surface area contributed by atoms with Crippen LogP contribution in [0, 0.1) is 11.7 Å². The molecule has 2 aromatic carbocycles. The number of nitrogens with zero attached hydrogens (tertiary/aromatic N) is 1. The number of hydrogen-bond donors (Lipinski definition) is 0. The lowest BCUT2D eigenvalue weighted by Gasteiger charge is -2.30. The van der Waals surface area contributed by atoms with E-state index in [-0.39, 0.29) is 29.9 Å². The molecule has 0 bridgehead atoms. The van der Waals surface area contributed by atoms with Gasteiger partial charge < -0.3 is 4.74 Å². The highest BCUT2D eigenvalue weighted by molar-refractivity contribution is 7.89. The van der Waals surface area contributed by atoms with E-state index in [4.69, 9.17) is 4.74 Å². The lowest BCUT2D eigenvalue weighted by molar-refractivity contribution is -0.140. The average Bonchev–Trinajstić information content (AvgIpc) is 2.74. The summed E-state index contributed by atoms with van der Waals surface area (Å²) >= 11 is 0. The zero-order valence-corrected chi connectivity index (χ0v) is 17.5. The van der Waals surface area contributed by atoms with Crippen LogP contribution in [0.5, 0.6) is 5.75 Å². The standard InChI is InChI=1S/C22H26FNO4S/c1-3-16(2)17-4-8-20(9-5-17)28-22(25)18-12-14-24(15-13-18)29(26,27)21-10-6-19(23)7-11-21/h4-11,16,18H,3,12-15H2,1-2H3/t16-/m1/s1.